The van der Waals surface area contributed by atoms with Gasteiger partial charge in [0.2, 0.25) is 0 Å². The number of aryl methyl sites for hydroxylation is 3. The molecule has 122 valence electrons. The number of pyridine rings is 1. The number of H-pyrrole nitrogens is 2. The Morgan fingerprint density at radius 1 is 0.792 bits per heavy atom. The third-order valence-corrected chi connectivity index (χ3v) is 4.53. The molecule has 0 saturated heterocycles. The summed E-state index contributed by atoms with van der Waals surface area (Å²) in [7, 11) is 0. The van der Waals surface area contributed by atoms with Crippen LogP contribution in [0, 0.1) is 20.8 Å². The van der Waals surface area contributed by atoms with Crippen molar-refractivity contribution < 1.29 is 0 Å². The standard InChI is InChI=1S/C19H21N5/c1-9(2)13-6-11(4)14(7-10(13)3)17-22-16-8-15-18(21-12(5)20-15)24-19(16)23-17/h6-9H,1-5H3,(H2,20,21,22,23,24). The van der Waals surface area contributed by atoms with E-state index in [-0.39, 0.29) is 0 Å². The average molecular weight is 319 g/mol. The van der Waals surface area contributed by atoms with Gasteiger partial charge >= 0.3 is 0 Å². The minimum absolute atomic E-state index is 0.519. The zero-order valence-corrected chi connectivity index (χ0v) is 14.7. The van der Waals surface area contributed by atoms with E-state index < -0.39 is 0 Å². The summed E-state index contributed by atoms with van der Waals surface area (Å²) < 4.78 is 0. The highest BCUT2D eigenvalue weighted by Crippen LogP contribution is 2.29. The number of rotatable bonds is 2. The highest BCUT2D eigenvalue weighted by atomic mass is 15.0. The molecular formula is C19H21N5. The molecule has 0 bridgehead atoms. The minimum Gasteiger partial charge on any atom is -0.341 e. The smallest absolute Gasteiger partial charge is 0.180 e. The normalized spacial score (nSPS) is 11.9. The molecule has 0 radical (unpaired) electrons. The van der Waals surface area contributed by atoms with Crippen molar-refractivity contribution in [1.29, 1.82) is 0 Å². The molecule has 0 atom stereocenters. The molecule has 5 nitrogen and oxygen atoms in total. The van der Waals surface area contributed by atoms with E-state index in [1.165, 1.54) is 16.7 Å². The van der Waals surface area contributed by atoms with Crippen LogP contribution in [-0.4, -0.2) is 24.9 Å². The molecule has 0 amide bonds. The van der Waals surface area contributed by atoms with Crippen LogP contribution in [0.5, 0.6) is 0 Å². The lowest BCUT2D eigenvalue weighted by Gasteiger charge is -2.13. The van der Waals surface area contributed by atoms with Gasteiger partial charge in [-0.2, -0.15) is 0 Å². The van der Waals surface area contributed by atoms with Crippen molar-refractivity contribution in [2.75, 3.05) is 0 Å². The Morgan fingerprint density at radius 3 is 2.25 bits per heavy atom. The predicted molar refractivity (Wildman–Crippen MR) is 97.3 cm³/mol. The van der Waals surface area contributed by atoms with E-state index in [0.717, 1.165) is 28.2 Å². The molecule has 2 N–H and O–H groups in total. The summed E-state index contributed by atoms with van der Waals surface area (Å²) in [5, 5.41) is 0. The van der Waals surface area contributed by atoms with Gasteiger partial charge in [0, 0.05) is 5.56 Å². The summed E-state index contributed by atoms with van der Waals surface area (Å²) in [5.41, 5.74) is 8.30. The summed E-state index contributed by atoms with van der Waals surface area (Å²) in [6, 6.07) is 6.51. The summed E-state index contributed by atoms with van der Waals surface area (Å²) in [6.07, 6.45) is 0. The number of nitrogens with zero attached hydrogens (tertiary/aromatic N) is 3. The average Bonchev–Trinajstić information content (AvgIpc) is 3.07. The first-order chi connectivity index (χ1) is 11.4. The Balaban J connectivity index is 1.88. The van der Waals surface area contributed by atoms with Gasteiger partial charge in [-0.3, -0.25) is 0 Å². The first-order valence-corrected chi connectivity index (χ1v) is 8.27. The molecular weight excluding hydrogens is 298 g/mol. The maximum Gasteiger partial charge on any atom is 0.180 e. The third-order valence-electron chi connectivity index (χ3n) is 4.53. The molecule has 3 heterocycles. The van der Waals surface area contributed by atoms with Crippen LogP contribution in [0.25, 0.3) is 33.7 Å². The van der Waals surface area contributed by atoms with Gasteiger partial charge in [0.15, 0.2) is 11.3 Å². The number of hydrogen-bond donors (Lipinski definition) is 2. The van der Waals surface area contributed by atoms with Crippen molar-refractivity contribution in [2.24, 2.45) is 0 Å². The zero-order chi connectivity index (χ0) is 17.0. The van der Waals surface area contributed by atoms with E-state index in [2.05, 4.69) is 59.8 Å². The maximum atomic E-state index is 4.70. The van der Waals surface area contributed by atoms with E-state index in [1.54, 1.807) is 0 Å². The van der Waals surface area contributed by atoms with Gasteiger partial charge in [-0.05, 0) is 55.5 Å². The van der Waals surface area contributed by atoms with Crippen molar-refractivity contribution in [2.45, 2.75) is 40.5 Å². The quantitative estimate of drug-likeness (QED) is 0.569. The van der Waals surface area contributed by atoms with Crippen LogP contribution in [0.1, 0.15) is 42.3 Å². The Morgan fingerprint density at radius 2 is 1.50 bits per heavy atom. The number of fused-ring (bicyclic) bond motifs is 2. The number of nitrogens with one attached hydrogen (secondary N) is 2. The van der Waals surface area contributed by atoms with Crippen molar-refractivity contribution >= 4 is 22.3 Å². The van der Waals surface area contributed by atoms with E-state index in [1.807, 2.05) is 13.0 Å². The summed E-state index contributed by atoms with van der Waals surface area (Å²) in [4.78, 5) is 20.3. The van der Waals surface area contributed by atoms with E-state index in [0.29, 0.717) is 17.2 Å². The van der Waals surface area contributed by atoms with Crippen LogP contribution < -0.4 is 0 Å². The zero-order valence-electron chi connectivity index (χ0n) is 14.7. The molecule has 0 fully saturated rings. The van der Waals surface area contributed by atoms with Gasteiger partial charge in [0.05, 0.1) is 11.0 Å². The van der Waals surface area contributed by atoms with Crippen LogP contribution in [0.15, 0.2) is 18.2 Å². The number of imidazole rings is 2. The molecule has 3 aromatic heterocycles. The van der Waals surface area contributed by atoms with Crippen LogP contribution in [0.2, 0.25) is 0 Å². The van der Waals surface area contributed by atoms with Crippen LogP contribution in [-0.2, 0) is 0 Å². The first-order valence-electron chi connectivity index (χ1n) is 8.27. The first kappa shape index (κ1) is 14.9. The molecule has 0 aliphatic rings. The van der Waals surface area contributed by atoms with Crippen LogP contribution in [0.4, 0.5) is 0 Å². The van der Waals surface area contributed by atoms with Crippen molar-refractivity contribution in [1.82, 2.24) is 24.9 Å². The third kappa shape index (κ3) is 2.28. The monoisotopic (exact) mass is 319 g/mol. The molecule has 0 aliphatic heterocycles. The van der Waals surface area contributed by atoms with Gasteiger partial charge in [-0.15, -0.1) is 0 Å². The number of aromatic amines is 2. The van der Waals surface area contributed by atoms with Gasteiger partial charge in [-0.25, -0.2) is 15.0 Å². The second-order valence-electron chi connectivity index (χ2n) is 6.82. The van der Waals surface area contributed by atoms with Gasteiger partial charge < -0.3 is 9.97 Å². The van der Waals surface area contributed by atoms with Crippen LogP contribution in [0.3, 0.4) is 0 Å². The Kier molecular flexibility index (Phi) is 3.20. The highest BCUT2D eigenvalue weighted by molar-refractivity contribution is 5.87. The number of benzene rings is 1. The molecule has 0 unspecified atom stereocenters. The molecule has 24 heavy (non-hydrogen) atoms. The summed E-state index contributed by atoms with van der Waals surface area (Å²) in [6.45, 7) is 10.7. The van der Waals surface area contributed by atoms with Crippen molar-refractivity contribution in [3.05, 3.63) is 40.7 Å². The second kappa shape index (κ2) is 5.16. The fourth-order valence-corrected chi connectivity index (χ4v) is 3.33. The molecule has 0 saturated carbocycles. The predicted octanol–water partition coefficient (Wildman–Crippen LogP) is 4.55. The Bertz CT molecular complexity index is 1020. The summed E-state index contributed by atoms with van der Waals surface area (Å²) >= 11 is 0. The molecule has 0 spiro atoms. The molecule has 0 aliphatic carbocycles. The SMILES string of the molecule is Cc1nc2nc3nc(-c4cc(C)c(C(C)C)cc4C)[nH]c3cc2[nH]1. The molecule has 4 aromatic rings. The molecule has 5 heteroatoms. The lowest BCUT2D eigenvalue weighted by molar-refractivity contribution is 0.855. The topological polar surface area (TPSA) is 70.2 Å². The van der Waals surface area contributed by atoms with Gasteiger partial charge in [0.25, 0.3) is 0 Å². The second-order valence-corrected chi connectivity index (χ2v) is 6.82. The van der Waals surface area contributed by atoms with Crippen molar-refractivity contribution in [3.63, 3.8) is 0 Å². The number of hydrogen-bond acceptors (Lipinski definition) is 3. The Labute approximate surface area is 140 Å². The summed E-state index contributed by atoms with van der Waals surface area (Å²) in [5.74, 6) is 2.24. The van der Waals surface area contributed by atoms with E-state index >= 15 is 0 Å². The lowest BCUT2D eigenvalue weighted by Crippen LogP contribution is -1.96. The largest absolute Gasteiger partial charge is 0.341 e. The van der Waals surface area contributed by atoms with E-state index in [4.69, 9.17) is 4.98 Å². The fraction of sp³-hybridized carbons (Fsp3) is 0.316. The number of aromatic nitrogens is 5. The van der Waals surface area contributed by atoms with Gasteiger partial charge in [-0.1, -0.05) is 19.9 Å². The fourth-order valence-electron chi connectivity index (χ4n) is 3.33. The highest BCUT2D eigenvalue weighted by Gasteiger charge is 2.14. The van der Waals surface area contributed by atoms with Crippen molar-refractivity contribution in [3.8, 4) is 11.4 Å². The molecule has 1 aromatic carbocycles. The Hall–Kier alpha value is -2.69. The minimum atomic E-state index is 0.519. The van der Waals surface area contributed by atoms with Crippen LogP contribution >= 0.6 is 0 Å². The van der Waals surface area contributed by atoms with Gasteiger partial charge in [0.1, 0.15) is 11.6 Å². The lowest BCUT2D eigenvalue weighted by atomic mass is 9.93. The molecule has 4 rings (SSSR count). The van der Waals surface area contributed by atoms with E-state index in [9.17, 15) is 0 Å². The maximum absolute atomic E-state index is 4.70.